The molecule has 2 atom stereocenters. The fourth-order valence-electron chi connectivity index (χ4n) is 3.33. The Balaban J connectivity index is 1.99. The van der Waals surface area contributed by atoms with E-state index >= 15 is 0 Å². The normalized spacial score (nSPS) is 18.3. The van der Waals surface area contributed by atoms with Gasteiger partial charge in [0, 0.05) is 13.1 Å². The lowest BCUT2D eigenvalue weighted by Crippen LogP contribution is -2.46. The third-order valence-electron chi connectivity index (χ3n) is 4.68. The van der Waals surface area contributed by atoms with Crippen LogP contribution in [0.25, 0.3) is 0 Å². The summed E-state index contributed by atoms with van der Waals surface area (Å²) >= 11 is 7.81. The Morgan fingerprint density at radius 2 is 2.04 bits per heavy atom. The summed E-state index contributed by atoms with van der Waals surface area (Å²) in [7, 11) is 1.59. The Kier molecular flexibility index (Phi) is 6.72. The van der Waals surface area contributed by atoms with E-state index in [9.17, 15) is 4.79 Å². The van der Waals surface area contributed by atoms with Gasteiger partial charge in [0.1, 0.15) is 16.8 Å². The van der Waals surface area contributed by atoms with E-state index in [0.717, 1.165) is 37.3 Å². The molecule has 0 spiro atoms. The van der Waals surface area contributed by atoms with Gasteiger partial charge in [0.05, 0.1) is 18.2 Å². The van der Waals surface area contributed by atoms with E-state index in [1.807, 2.05) is 34.7 Å². The Bertz CT molecular complexity index is 838. The monoisotopic (exact) mass is 423 g/mol. The number of carbonyl (C=O) groups excluding carboxylic acids is 1. The lowest BCUT2D eigenvalue weighted by molar-refractivity contribution is -0.131. The van der Waals surface area contributed by atoms with Gasteiger partial charge in [0.25, 0.3) is 0 Å². The SMILES string of the molecule is CCCN(CCC)C(=O)[C@H]1Sc2nnc(C)n2N[C@H]1c1ccc(OC)c(Cl)c1. The maximum absolute atomic E-state index is 13.4. The van der Waals surface area contributed by atoms with Crippen LogP contribution in [0.1, 0.15) is 44.1 Å². The summed E-state index contributed by atoms with van der Waals surface area (Å²) in [5.41, 5.74) is 4.34. The van der Waals surface area contributed by atoms with Gasteiger partial charge in [0.2, 0.25) is 11.1 Å². The number of thioether (sulfide) groups is 1. The molecular weight excluding hydrogens is 398 g/mol. The fraction of sp³-hybridized carbons (Fsp3) is 0.526. The molecule has 0 fully saturated rings. The molecule has 7 nitrogen and oxygen atoms in total. The van der Waals surface area contributed by atoms with Gasteiger partial charge in [0.15, 0.2) is 0 Å². The minimum atomic E-state index is -0.362. The van der Waals surface area contributed by atoms with Gasteiger partial charge in [-0.25, -0.2) is 4.68 Å². The molecule has 1 aliphatic heterocycles. The van der Waals surface area contributed by atoms with Crippen molar-refractivity contribution in [2.24, 2.45) is 0 Å². The Labute approximate surface area is 174 Å². The summed E-state index contributed by atoms with van der Waals surface area (Å²) in [5.74, 6) is 1.46. The van der Waals surface area contributed by atoms with Crippen LogP contribution < -0.4 is 10.2 Å². The molecule has 1 aliphatic rings. The zero-order valence-electron chi connectivity index (χ0n) is 16.6. The molecule has 2 heterocycles. The van der Waals surface area contributed by atoms with Crippen LogP contribution in [0.3, 0.4) is 0 Å². The summed E-state index contributed by atoms with van der Waals surface area (Å²) in [6, 6.07) is 5.36. The van der Waals surface area contributed by atoms with Crippen LogP contribution >= 0.6 is 23.4 Å². The molecule has 0 saturated heterocycles. The van der Waals surface area contributed by atoms with Crippen LogP contribution in [0.2, 0.25) is 5.02 Å². The smallest absolute Gasteiger partial charge is 0.238 e. The number of carbonyl (C=O) groups is 1. The van der Waals surface area contributed by atoms with Crippen molar-refractivity contribution in [3.8, 4) is 5.75 Å². The third kappa shape index (κ3) is 4.07. The second-order valence-corrected chi connectivity index (χ2v) is 8.25. The quantitative estimate of drug-likeness (QED) is 0.732. The maximum Gasteiger partial charge on any atom is 0.238 e. The number of aromatic nitrogens is 3. The summed E-state index contributed by atoms with van der Waals surface area (Å²) in [5, 5.41) is 9.20. The van der Waals surface area contributed by atoms with Gasteiger partial charge in [-0.3, -0.25) is 4.79 Å². The highest BCUT2D eigenvalue weighted by atomic mass is 35.5. The number of aryl methyl sites for hydroxylation is 1. The second-order valence-electron chi connectivity index (χ2n) is 6.73. The van der Waals surface area contributed by atoms with Gasteiger partial charge in [-0.1, -0.05) is 43.3 Å². The summed E-state index contributed by atoms with van der Waals surface area (Å²) in [4.78, 5) is 15.4. The van der Waals surface area contributed by atoms with E-state index in [0.29, 0.717) is 15.9 Å². The summed E-state index contributed by atoms with van der Waals surface area (Å²) in [6.07, 6.45) is 1.84. The van der Waals surface area contributed by atoms with Crippen LogP contribution in [0.4, 0.5) is 0 Å². The number of nitrogens with zero attached hydrogens (tertiary/aromatic N) is 4. The number of fused-ring (bicyclic) bond motifs is 1. The number of amides is 1. The fourth-order valence-corrected chi connectivity index (χ4v) is 4.80. The average molecular weight is 424 g/mol. The number of methoxy groups -OCH3 is 1. The van der Waals surface area contributed by atoms with Crippen LogP contribution in [0.5, 0.6) is 5.75 Å². The van der Waals surface area contributed by atoms with Gasteiger partial charge >= 0.3 is 0 Å². The molecule has 0 aliphatic carbocycles. The highest BCUT2D eigenvalue weighted by Gasteiger charge is 2.39. The highest BCUT2D eigenvalue weighted by molar-refractivity contribution is 8.00. The molecule has 0 unspecified atom stereocenters. The van der Waals surface area contributed by atoms with E-state index in [1.165, 1.54) is 11.8 Å². The topological polar surface area (TPSA) is 72.3 Å². The van der Waals surface area contributed by atoms with E-state index in [-0.39, 0.29) is 17.2 Å². The predicted octanol–water partition coefficient (Wildman–Crippen LogP) is 3.66. The Morgan fingerprint density at radius 1 is 1.32 bits per heavy atom. The van der Waals surface area contributed by atoms with Crippen molar-refractivity contribution < 1.29 is 9.53 Å². The molecule has 2 aromatic rings. The van der Waals surface area contributed by atoms with Crippen molar-refractivity contribution >= 4 is 29.3 Å². The van der Waals surface area contributed by atoms with Crippen molar-refractivity contribution in [3.05, 3.63) is 34.6 Å². The lowest BCUT2D eigenvalue weighted by Gasteiger charge is -2.36. The summed E-state index contributed by atoms with van der Waals surface area (Å²) in [6.45, 7) is 7.54. The number of halogens is 1. The van der Waals surface area contributed by atoms with Gasteiger partial charge in [-0.15, -0.1) is 10.2 Å². The van der Waals surface area contributed by atoms with Crippen molar-refractivity contribution in [3.63, 3.8) is 0 Å². The molecule has 9 heteroatoms. The van der Waals surface area contributed by atoms with Crippen molar-refractivity contribution in [2.45, 2.75) is 50.1 Å². The molecule has 0 saturated carbocycles. The molecule has 0 radical (unpaired) electrons. The standard InChI is InChI=1S/C19H26ClN5O2S/c1-5-9-24(10-6-2)18(26)17-16(13-7-8-15(27-4)14(20)11-13)23-25-12(3)21-22-19(25)28-17/h7-8,11,16-17,23H,5-6,9-10H2,1-4H3/t16-,17-/m0/s1. The second kappa shape index (κ2) is 9.05. The van der Waals surface area contributed by atoms with Gasteiger partial charge in [-0.2, -0.15) is 0 Å². The number of benzene rings is 1. The summed E-state index contributed by atoms with van der Waals surface area (Å²) < 4.78 is 7.10. The van der Waals surface area contributed by atoms with E-state index in [2.05, 4.69) is 29.5 Å². The maximum atomic E-state index is 13.4. The van der Waals surface area contributed by atoms with E-state index in [4.69, 9.17) is 16.3 Å². The average Bonchev–Trinajstić information content (AvgIpc) is 3.06. The zero-order chi connectivity index (χ0) is 20.3. The van der Waals surface area contributed by atoms with Crippen molar-refractivity contribution in [1.82, 2.24) is 19.8 Å². The minimum Gasteiger partial charge on any atom is -0.495 e. The Hall–Kier alpha value is -1.93. The molecule has 0 bridgehead atoms. The Morgan fingerprint density at radius 3 is 2.64 bits per heavy atom. The van der Waals surface area contributed by atoms with Crippen LogP contribution in [-0.4, -0.2) is 51.1 Å². The molecule has 1 aromatic carbocycles. The predicted molar refractivity (Wildman–Crippen MR) is 112 cm³/mol. The first kappa shape index (κ1) is 20.8. The highest BCUT2D eigenvalue weighted by Crippen LogP contribution is 2.39. The van der Waals surface area contributed by atoms with Crippen LogP contribution in [-0.2, 0) is 4.79 Å². The zero-order valence-corrected chi connectivity index (χ0v) is 18.2. The third-order valence-corrected chi connectivity index (χ3v) is 6.17. The lowest BCUT2D eigenvalue weighted by atomic mass is 10.0. The molecule has 1 aromatic heterocycles. The first-order valence-electron chi connectivity index (χ1n) is 9.47. The number of hydrogen-bond acceptors (Lipinski definition) is 6. The van der Waals surface area contributed by atoms with Crippen molar-refractivity contribution in [2.75, 3.05) is 25.6 Å². The van der Waals surface area contributed by atoms with E-state index in [1.54, 1.807) is 7.11 Å². The number of ether oxygens (including phenoxy) is 1. The first-order chi connectivity index (χ1) is 13.5. The van der Waals surface area contributed by atoms with Crippen molar-refractivity contribution in [1.29, 1.82) is 0 Å². The van der Waals surface area contributed by atoms with Gasteiger partial charge < -0.3 is 15.1 Å². The largest absolute Gasteiger partial charge is 0.495 e. The van der Waals surface area contributed by atoms with E-state index < -0.39 is 0 Å². The number of rotatable bonds is 7. The van der Waals surface area contributed by atoms with Crippen LogP contribution in [0.15, 0.2) is 23.4 Å². The molecule has 1 N–H and O–H groups in total. The number of nitrogens with one attached hydrogen (secondary N) is 1. The molecule has 3 rings (SSSR count). The van der Waals surface area contributed by atoms with Gasteiger partial charge in [-0.05, 0) is 37.5 Å². The molecular formula is C19H26ClN5O2S. The molecule has 28 heavy (non-hydrogen) atoms. The van der Waals surface area contributed by atoms with Crippen LogP contribution in [0, 0.1) is 6.92 Å². The first-order valence-corrected chi connectivity index (χ1v) is 10.7. The molecule has 152 valence electrons. The minimum absolute atomic E-state index is 0.102. The number of hydrogen-bond donors (Lipinski definition) is 1. The molecule has 1 amide bonds.